The van der Waals surface area contributed by atoms with Crippen molar-refractivity contribution < 1.29 is 0 Å². The van der Waals surface area contributed by atoms with Gasteiger partial charge in [-0.2, -0.15) is 0 Å². The fraction of sp³-hybridized carbons (Fsp3) is 0. The maximum Gasteiger partial charge on any atom is 0.0546 e. The predicted octanol–water partition coefficient (Wildman–Crippen LogP) is 40.7. The molecule has 0 N–H and O–H groups in total. The minimum Gasteiger partial charge on any atom is -0.311 e. The molecular weight excluding hydrogens is 1770 g/mol. The molecule has 26 rings (SSSR count). The Hall–Kier alpha value is -19.3. The molecule has 0 saturated carbocycles. The van der Waals surface area contributed by atoms with E-state index in [-0.39, 0.29) is 0 Å². The Morgan fingerprint density at radius 1 is 0.0884 bits per heavy atom. The Labute approximate surface area is 859 Å². The Kier molecular flexibility index (Phi) is 25.5. The molecule has 0 bridgehead atoms. The first-order valence-corrected chi connectivity index (χ1v) is 50.4. The summed E-state index contributed by atoms with van der Waals surface area (Å²) in [7, 11) is 0. The van der Waals surface area contributed by atoms with Gasteiger partial charge in [0.2, 0.25) is 0 Å². The summed E-state index contributed by atoms with van der Waals surface area (Å²) < 4.78 is 0. The van der Waals surface area contributed by atoms with Crippen LogP contribution in [0, 0.1) is 0 Å². The fourth-order valence-electron chi connectivity index (χ4n) is 20.7. The third-order valence-corrected chi connectivity index (χ3v) is 28.3. The van der Waals surface area contributed by atoms with E-state index in [9.17, 15) is 0 Å². The molecule has 0 radical (unpaired) electrons. The van der Waals surface area contributed by atoms with Gasteiger partial charge in [-0.3, -0.25) is 0 Å². The summed E-state index contributed by atoms with van der Waals surface area (Å²) in [6, 6.07) is 221. The van der Waals surface area contributed by atoms with Crippen LogP contribution >= 0.6 is 0 Å². The highest BCUT2D eigenvalue weighted by atomic mass is 15.2. The topological polar surface area (TPSA) is 9.72 Å². The summed E-state index contributed by atoms with van der Waals surface area (Å²) in [4.78, 5) is 7.05. The Morgan fingerprint density at radius 2 is 0.286 bits per heavy atom. The van der Waals surface area contributed by atoms with Crippen LogP contribution in [0.1, 0.15) is 0 Å². The molecule has 0 aliphatic rings. The smallest absolute Gasteiger partial charge is 0.0546 e. The standard InChI is InChI=1S/C52H35N.2C46H33N/c1-2-11-36(12-3-1)40-21-23-43-34-41(22-24-42(43)33-40)37-25-29-45(30-26-37)53(52-35-44-14-5-7-17-49(44)50-18-8-9-19-51(50)52)46-31-27-39(28-32-46)48-20-10-15-38-13-4-6-16-47(38)48;1-4-11-34(12-5-1)38-15-10-16-39(31-38)36-23-27-45(28-24-36)47(44-17-8-3-9-18-44)46-29-25-37(26-30-46)41-20-22-42-32-40(19-21-43(42)33-41)35-13-6-2-7-14-35;1-4-10-34(11-5-1)36-16-18-37(19-17-36)38-24-28-45(29-25-38)47(44-14-8-3-9-15-44)46-30-26-39(27-31-46)41-21-23-42-32-40(20-22-43(42)33-41)35-12-6-2-7-13-35/h1-35H;2*1-33H. The fourth-order valence-corrected chi connectivity index (χ4v) is 20.7. The maximum atomic E-state index is 2.41. The second-order valence-corrected chi connectivity index (χ2v) is 37.5. The van der Waals surface area contributed by atoms with Crippen molar-refractivity contribution in [2.45, 2.75) is 0 Å². The first kappa shape index (κ1) is 90.2. The molecule has 0 aliphatic carbocycles. The number of para-hydroxylation sites is 2. The highest BCUT2D eigenvalue weighted by molar-refractivity contribution is 6.15. The molecule has 26 aromatic rings. The first-order chi connectivity index (χ1) is 72.8. The van der Waals surface area contributed by atoms with Crippen molar-refractivity contribution in [2.24, 2.45) is 0 Å². The van der Waals surface area contributed by atoms with Gasteiger partial charge in [0.15, 0.2) is 0 Å². The normalized spacial score (nSPS) is 11.1. The zero-order chi connectivity index (χ0) is 98.0. The minimum atomic E-state index is 1.11. The van der Waals surface area contributed by atoms with Gasteiger partial charge in [0.25, 0.3) is 0 Å². The molecular formula is C144H101N3. The average molecular weight is 1870 g/mol. The molecule has 147 heavy (non-hydrogen) atoms. The number of benzene rings is 26. The van der Waals surface area contributed by atoms with E-state index in [1.165, 1.54) is 187 Å². The van der Waals surface area contributed by atoms with Gasteiger partial charge < -0.3 is 14.7 Å². The summed E-state index contributed by atoms with van der Waals surface area (Å²) in [5.41, 5.74) is 36.9. The van der Waals surface area contributed by atoms with E-state index in [4.69, 9.17) is 0 Å². The van der Waals surface area contributed by atoms with Crippen LogP contribution in [0.2, 0.25) is 0 Å². The number of hydrogen-bond acceptors (Lipinski definition) is 3. The van der Waals surface area contributed by atoms with Gasteiger partial charge in [-0.1, -0.05) is 467 Å². The SMILES string of the molecule is c1ccc(-c2ccc(-c3ccc(N(c4ccccc4)c4ccc(-c5ccc6cc(-c7ccccc7)ccc6c5)cc4)cc3)cc2)cc1.c1ccc(-c2ccc3cc(-c4ccc(N(c5ccc(-c6cccc7ccccc67)cc5)c5cc6ccccc6c6ccccc56)cc4)ccc3c2)cc1.c1ccc(-c2cccc(-c3ccc(N(c4ccccc4)c4ccc(-c5ccc6cc(-c7ccccc7)ccc6c5)cc4)cc3)c2)cc1. The Bertz CT molecular complexity index is 9100. The zero-order valence-corrected chi connectivity index (χ0v) is 81.2. The van der Waals surface area contributed by atoms with Gasteiger partial charge >= 0.3 is 0 Å². The van der Waals surface area contributed by atoms with Crippen molar-refractivity contribution in [1.29, 1.82) is 0 Å². The molecule has 0 spiro atoms. The second kappa shape index (κ2) is 41.5. The Morgan fingerprint density at radius 3 is 0.612 bits per heavy atom. The zero-order valence-electron chi connectivity index (χ0n) is 81.2. The van der Waals surface area contributed by atoms with E-state index in [2.05, 4.69) is 627 Å². The molecule has 0 aromatic heterocycles. The molecule has 0 aliphatic heterocycles. The summed E-state index contributed by atoms with van der Waals surface area (Å²) in [6.07, 6.45) is 0. The van der Waals surface area contributed by atoms with Crippen molar-refractivity contribution in [1.82, 2.24) is 0 Å². The van der Waals surface area contributed by atoms with Crippen molar-refractivity contribution in [3.63, 3.8) is 0 Å². The van der Waals surface area contributed by atoms with E-state index in [1.54, 1.807) is 0 Å². The monoisotopic (exact) mass is 1870 g/mol. The van der Waals surface area contributed by atoms with Gasteiger partial charge in [-0.05, 0) is 327 Å². The molecule has 0 saturated heterocycles. The third kappa shape index (κ3) is 19.5. The Balaban J connectivity index is 0.000000118. The first-order valence-electron chi connectivity index (χ1n) is 50.4. The number of rotatable bonds is 20. The van der Waals surface area contributed by atoms with E-state index < -0.39 is 0 Å². The quantitative estimate of drug-likeness (QED) is 0.0704. The van der Waals surface area contributed by atoms with Crippen LogP contribution in [0.15, 0.2) is 613 Å². The number of hydrogen-bond donors (Lipinski definition) is 0. The number of fused-ring (bicyclic) bond motifs is 7. The highest BCUT2D eigenvalue weighted by Crippen LogP contribution is 2.47. The maximum absolute atomic E-state index is 2.41. The largest absolute Gasteiger partial charge is 0.311 e. The highest BCUT2D eigenvalue weighted by Gasteiger charge is 2.22. The van der Waals surface area contributed by atoms with Crippen LogP contribution in [-0.2, 0) is 0 Å². The van der Waals surface area contributed by atoms with Gasteiger partial charge in [0.1, 0.15) is 0 Å². The van der Waals surface area contributed by atoms with Crippen LogP contribution in [0.5, 0.6) is 0 Å². The van der Waals surface area contributed by atoms with E-state index in [0.717, 1.165) is 51.2 Å². The lowest BCUT2D eigenvalue weighted by Crippen LogP contribution is -2.10. The van der Waals surface area contributed by atoms with Crippen LogP contribution in [0.4, 0.5) is 51.2 Å². The van der Waals surface area contributed by atoms with E-state index in [1.807, 2.05) is 0 Å². The third-order valence-electron chi connectivity index (χ3n) is 28.3. The van der Waals surface area contributed by atoms with Crippen LogP contribution in [0.3, 0.4) is 0 Å². The molecule has 0 atom stereocenters. The van der Waals surface area contributed by atoms with Crippen molar-refractivity contribution >= 4 is 116 Å². The summed E-state index contributed by atoms with van der Waals surface area (Å²) >= 11 is 0. The summed E-state index contributed by atoms with van der Waals surface area (Å²) in [6.45, 7) is 0. The lowest BCUT2D eigenvalue weighted by Gasteiger charge is -2.28. The van der Waals surface area contributed by atoms with Gasteiger partial charge in [0, 0.05) is 50.9 Å². The van der Waals surface area contributed by atoms with Crippen LogP contribution < -0.4 is 14.7 Å². The van der Waals surface area contributed by atoms with Crippen molar-refractivity contribution in [2.75, 3.05) is 14.7 Å². The molecule has 0 unspecified atom stereocenters. The van der Waals surface area contributed by atoms with E-state index in [0.29, 0.717) is 0 Å². The lowest BCUT2D eigenvalue weighted by molar-refractivity contribution is 1.28. The van der Waals surface area contributed by atoms with Gasteiger partial charge in [-0.15, -0.1) is 0 Å². The van der Waals surface area contributed by atoms with E-state index >= 15 is 0 Å². The minimum absolute atomic E-state index is 1.11. The summed E-state index contributed by atoms with van der Waals surface area (Å²) in [5, 5.41) is 14.9. The molecule has 692 valence electrons. The lowest BCUT2D eigenvalue weighted by atomic mass is 9.96. The molecule has 26 aromatic carbocycles. The molecule has 0 heterocycles. The molecule has 0 fully saturated rings. The number of anilines is 9. The second-order valence-electron chi connectivity index (χ2n) is 37.5. The molecule has 3 heteroatoms. The predicted molar refractivity (Wildman–Crippen MR) is 628 cm³/mol. The van der Waals surface area contributed by atoms with Crippen LogP contribution in [0.25, 0.3) is 187 Å². The summed E-state index contributed by atoms with van der Waals surface area (Å²) in [5.74, 6) is 0. The van der Waals surface area contributed by atoms with Gasteiger partial charge in [-0.25, -0.2) is 0 Å². The van der Waals surface area contributed by atoms with Crippen LogP contribution in [-0.4, -0.2) is 0 Å². The van der Waals surface area contributed by atoms with Crippen molar-refractivity contribution in [3.8, 4) is 122 Å². The van der Waals surface area contributed by atoms with Gasteiger partial charge in [0.05, 0.1) is 5.69 Å². The van der Waals surface area contributed by atoms with Crippen molar-refractivity contribution in [3.05, 3.63) is 613 Å². The average Bonchev–Trinajstić information content (AvgIpc) is 0.752. The molecule has 3 nitrogen and oxygen atoms in total. The number of nitrogens with zero attached hydrogens (tertiary/aromatic N) is 3. The molecule has 0 amide bonds.